The summed E-state index contributed by atoms with van der Waals surface area (Å²) in [7, 11) is -0.589. The number of nitrogens with zero attached hydrogens (tertiary/aromatic N) is 2. The summed E-state index contributed by atoms with van der Waals surface area (Å²) in [6, 6.07) is 7.97. The van der Waals surface area contributed by atoms with Gasteiger partial charge in [0.1, 0.15) is 0 Å². The molecule has 0 saturated heterocycles. The molecule has 0 spiro atoms. The Labute approximate surface area is 184 Å². The highest BCUT2D eigenvalue weighted by Crippen LogP contribution is 2.52. The predicted molar refractivity (Wildman–Crippen MR) is 114 cm³/mol. The van der Waals surface area contributed by atoms with Crippen molar-refractivity contribution in [2.24, 2.45) is 0 Å². The summed E-state index contributed by atoms with van der Waals surface area (Å²) in [5.74, 6) is -3.28. The van der Waals surface area contributed by atoms with Crippen molar-refractivity contribution in [2.45, 2.75) is 25.7 Å². The van der Waals surface area contributed by atoms with Gasteiger partial charge in [-0.1, -0.05) is 18.2 Å². The molecule has 1 unspecified atom stereocenters. The van der Waals surface area contributed by atoms with Gasteiger partial charge in [0.2, 0.25) is 0 Å². The second kappa shape index (κ2) is 11.1. The second-order valence-corrected chi connectivity index (χ2v) is 8.88. The lowest BCUT2D eigenvalue weighted by atomic mass is 10.2. The zero-order valence-corrected chi connectivity index (χ0v) is 19.1. The predicted octanol–water partition coefficient (Wildman–Crippen LogP) is 1.40. The molecule has 0 amide bonds. The monoisotopic (exact) mass is 468 g/mol. The Balaban J connectivity index is 2.20. The van der Waals surface area contributed by atoms with Gasteiger partial charge in [-0.15, -0.1) is 0 Å². The molecule has 0 bridgehead atoms. The third-order valence-electron chi connectivity index (χ3n) is 4.57. The fourth-order valence-electron chi connectivity index (χ4n) is 2.87. The summed E-state index contributed by atoms with van der Waals surface area (Å²) >= 11 is 0. The molecule has 32 heavy (non-hydrogen) atoms. The normalized spacial score (nSPS) is 12.4. The molecule has 174 valence electrons. The molecule has 11 nitrogen and oxygen atoms in total. The van der Waals surface area contributed by atoms with E-state index < -0.39 is 36.6 Å². The van der Waals surface area contributed by atoms with Crippen LogP contribution in [0, 0.1) is 6.92 Å². The number of carbonyl (C=O) groups is 2. The molecule has 0 N–H and O–H groups in total. The highest BCUT2D eigenvalue weighted by atomic mass is 31.2. The molecule has 0 saturated carbocycles. The van der Waals surface area contributed by atoms with E-state index in [9.17, 15) is 23.7 Å². The van der Waals surface area contributed by atoms with Gasteiger partial charge in [-0.2, -0.15) is 4.57 Å². The Bertz CT molecular complexity index is 1120. The van der Waals surface area contributed by atoms with Crippen LogP contribution in [0.4, 0.5) is 0 Å². The van der Waals surface area contributed by atoms with E-state index in [2.05, 4.69) is 4.74 Å². The third kappa shape index (κ3) is 5.49. The number of ether oxygens (including phenoxy) is 2. The van der Waals surface area contributed by atoms with Gasteiger partial charge in [0.15, 0.2) is 0 Å². The van der Waals surface area contributed by atoms with Crippen LogP contribution in [0.15, 0.2) is 46.1 Å². The zero-order valence-electron chi connectivity index (χ0n) is 18.2. The number of rotatable bonds is 10. The SMILES string of the molecule is COC(=O)C(OCCCn1cc(C)c(=O)n(C(=O)c2ccccc2)c1=O)P(=O)(OC)OC. The molecule has 2 rings (SSSR count). The van der Waals surface area contributed by atoms with Crippen LogP contribution in [0.1, 0.15) is 22.3 Å². The number of methoxy groups -OCH3 is 1. The van der Waals surface area contributed by atoms with Gasteiger partial charge in [-0.3, -0.25) is 18.7 Å². The molecular formula is C20H25N2O9P. The molecule has 12 heteroatoms. The van der Waals surface area contributed by atoms with Crippen molar-refractivity contribution in [2.75, 3.05) is 27.9 Å². The average molecular weight is 468 g/mol. The number of aromatic nitrogens is 2. The van der Waals surface area contributed by atoms with Gasteiger partial charge in [-0.05, 0) is 25.5 Å². The van der Waals surface area contributed by atoms with E-state index in [-0.39, 0.29) is 30.7 Å². The topological polar surface area (TPSA) is 132 Å². The van der Waals surface area contributed by atoms with Gasteiger partial charge in [0, 0.05) is 38.1 Å². The van der Waals surface area contributed by atoms with E-state index in [1.165, 1.54) is 29.8 Å². The molecule has 0 fully saturated rings. The van der Waals surface area contributed by atoms with E-state index in [0.29, 0.717) is 4.57 Å². The van der Waals surface area contributed by atoms with Crippen molar-refractivity contribution >= 4 is 19.5 Å². The van der Waals surface area contributed by atoms with E-state index in [1.807, 2.05) is 0 Å². The average Bonchev–Trinajstić information content (AvgIpc) is 2.81. The molecule has 1 aromatic heterocycles. The molecule has 0 aliphatic carbocycles. The van der Waals surface area contributed by atoms with E-state index >= 15 is 0 Å². The fourth-order valence-corrected chi connectivity index (χ4v) is 4.05. The van der Waals surface area contributed by atoms with Crippen molar-refractivity contribution in [1.29, 1.82) is 0 Å². The third-order valence-corrected chi connectivity index (χ3v) is 6.52. The van der Waals surface area contributed by atoms with Gasteiger partial charge < -0.3 is 18.5 Å². The first-order chi connectivity index (χ1) is 15.2. The first-order valence-corrected chi connectivity index (χ1v) is 11.1. The minimum atomic E-state index is -3.91. The zero-order chi connectivity index (χ0) is 23.9. The van der Waals surface area contributed by atoms with Crippen LogP contribution in [0.3, 0.4) is 0 Å². The van der Waals surface area contributed by atoms with Gasteiger partial charge in [0.25, 0.3) is 17.3 Å². The van der Waals surface area contributed by atoms with E-state index in [0.717, 1.165) is 21.3 Å². The largest absolute Gasteiger partial charge is 0.467 e. The van der Waals surface area contributed by atoms with Gasteiger partial charge >= 0.3 is 19.3 Å². The van der Waals surface area contributed by atoms with Crippen LogP contribution in [0.5, 0.6) is 0 Å². The Morgan fingerprint density at radius 1 is 1.06 bits per heavy atom. The van der Waals surface area contributed by atoms with Crippen LogP contribution in [-0.4, -0.2) is 54.8 Å². The number of hydrogen-bond acceptors (Lipinski definition) is 9. The Hall–Kier alpha value is -2.85. The summed E-state index contributed by atoms with van der Waals surface area (Å²) in [6.45, 7) is 1.43. The maximum Gasteiger partial charge on any atom is 0.370 e. The Kier molecular flexibility index (Phi) is 8.85. The summed E-state index contributed by atoms with van der Waals surface area (Å²) < 4.78 is 33.8. The lowest BCUT2D eigenvalue weighted by Gasteiger charge is -2.22. The van der Waals surface area contributed by atoms with Gasteiger partial charge in [0.05, 0.1) is 13.7 Å². The van der Waals surface area contributed by atoms with Crippen molar-refractivity contribution in [3.8, 4) is 0 Å². The number of hydrogen-bond donors (Lipinski definition) is 0. The second-order valence-electron chi connectivity index (χ2n) is 6.60. The standard InChI is InChI=1S/C20H25N2O9P/c1-14-13-21(11-8-12-31-19(18(25)28-2)32(27,29-3)30-4)20(26)22(16(14)23)17(24)15-9-6-5-7-10-15/h5-7,9-10,13,19H,8,11-12H2,1-4H3. The summed E-state index contributed by atoms with van der Waals surface area (Å²) in [6.07, 6.45) is 1.52. The van der Waals surface area contributed by atoms with Crippen molar-refractivity contribution in [1.82, 2.24) is 9.13 Å². The van der Waals surface area contributed by atoms with Crippen LogP contribution >= 0.6 is 7.60 Å². The molecule has 1 aromatic carbocycles. The summed E-state index contributed by atoms with van der Waals surface area (Å²) in [5.41, 5.74) is -1.12. The van der Waals surface area contributed by atoms with Crippen LogP contribution in [0.2, 0.25) is 0 Å². The lowest BCUT2D eigenvalue weighted by Crippen LogP contribution is -2.44. The van der Waals surface area contributed by atoms with Gasteiger partial charge in [-0.25, -0.2) is 9.59 Å². The molecule has 0 aliphatic rings. The highest BCUT2D eigenvalue weighted by Gasteiger charge is 2.42. The molecule has 0 radical (unpaired) electrons. The van der Waals surface area contributed by atoms with Crippen LogP contribution in [-0.2, 0) is 34.4 Å². The minimum Gasteiger partial charge on any atom is -0.467 e. The molecular weight excluding hydrogens is 443 g/mol. The minimum absolute atomic E-state index is 0.0557. The number of carbonyl (C=O) groups excluding carboxylic acids is 2. The number of benzene rings is 1. The van der Waals surface area contributed by atoms with Crippen molar-refractivity contribution < 1.29 is 32.7 Å². The summed E-state index contributed by atoms with van der Waals surface area (Å²) in [4.78, 5) is 49.9. The van der Waals surface area contributed by atoms with Crippen LogP contribution < -0.4 is 11.2 Å². The summed E-state index contributed by atoms with van der Waals surface area (Å²) in [5, 5.41) is 0. The highest BCUT2D eigenvalue weighted by molar-refractivity contribution is 7.55. The Morgan fingerprint density at radius 2 is 1.69 bits per heavy atom. The van der Waals surface area contributed by atoms with Crippen molar-refractivity contribution in [3.05, 3.63) is 68.5 Å². The first-order valence-electron chi connectivity index (χ1n) is 9.53. The maximum absolute atomic E-state index is 12.8. The number of aryl methyl sites for hydroxylation is 2. The fraction of sp³-hybridized carbons (Fsp3) is 0.400. The van der Waals surface area contributed by atoms with E-state index in [4.69, 9.17) is 13.8 Å². The number of esters is 1. The molecule has 1 heterocycles. The molecule has 2 aromatic rings. The first kappa shape index (κ1) is 25.4. The molecule has 1 atom stereocenters. The quantitative estimate of drug-likeness (QED) is 0.288. The van der Waals surface area contributed by atoms with E-state index in [1.54, 1.807) is 18.2 Å². The van der Waals surface area contributed by atoms with Crippen LogP contribution in [0.25, 0.3) is 0 Å². The maximum atomic E-state index is 12.8. The molecule has 0 aliphatic heterocycles. The Morgan fingerprint density at radius 3 is 2.25 bits per heavy atom. The smallest absolute Gasteiger partial charge is 0.370 e. The lowest BCUT2D eigenvalue weighted by molar-refractivity contribution is -0.149. The van der Waals surface area contributed by atoms with Crippen molar-refractivity contribution in [3.63, 3.8) is 0 Å².